The number of carbonyl (C=O) groups is 3. The predicted molar refractivity (Wildman–Crippen MR) is 338 cm³/mol. The molecule has 0 aromatic rings. The largest absolute Gasteiger partial charge is 0.545 e. The van der Waals surface area contributed by atoms with Gasteiger partial charge in [0.2, 0.25) is 0 Å². The summed E-state index contributed by atoms with van der Waals surface area (Å²) in [6, 6.07) is 0. The second-order valence-corrected chi connectivity index (χ2v) is 23.4. The second kappa shape index (κ2) is 61.5. The summed E-state index contributed by atoms with van der Waals surface area (Å²) in [5.41, 5.74) is 0. The standard InChI is InChI=1S/C71H125NO8/c1-6-8-10-12-14-16-18-20-22-24-26-27-28-29-30-31-32-33-34-35-36-37-38-39-40-41-42-43-44-46-48-50-52-54-56-58-60-62-69(74)80-67(66-79-71(70(75)76)77-64-63-72(3,4)5)65-78-68(73)61-59-57-55-53-51-49-47-45-25-23-21-19-17-15-13-11-9-7-2/h8,10,14,16,20,22-23,25-27,29-30,32-33,67,71H,6-7,9,11-13,15,17-19,21,24,28,31,34-66H2,1-5H3/b10-8-,16-14-,22-20-,25-23-,27-26-,30-29-,33-32-. The van der Waals surface area contributed by atoms with Crippen molar-refractivity contribution in [2.75, 3.05) is 47.5 Å². The Hall–Kier alpha value is -3.53. The highest BCUT2D eigenvalue weighted by atomic mass is 16.7. The molecule has 462 valence electrons. The Morgan fingerprint density at radius 1 is 0.388 bits per heavy atom. The maximum atomic E-state index is 12.9. The molecule has 0 amide bonds. The quantitative estimate of drug-likeness (QED) is 0.0195. The summed E-state index contributed by atoms with van der Waals surface area (Å²) in [7, 11) is 5.93. The highest BCUT2D eigenvalue weighted by Crippen LogP contribution is 2.17. The van der Waals surface area contributed by atoms with E-state index in [1.165, 1.54) is 180 Å². The smallest absolute Gasteiger partial charge is 0.306 e. The topological polar surface area (TPSA) is 111 Å². The molecule has 2 atom stereocenters. The van der Waals surface area contributed by atoms with Gasteiger partial charge < -0.3 is 33.3 Å². The van der Waals surface area contributed by atoms with E-state index < -0.39 is 24.3 Å². The zero-order valence-corrected chi connectivity index (χ0v) is 52.7. The van der Waals surface area contributed by atoms with Crippen LogP contribution in [0.5, 0.6) is 0 Å². The molecule has 0 aliphatic rings. The van der Waals surface area contributed by atoms with Crippen LogP contribution in [-0.4, -0.2) is 82.3 Å². The normalized spacial score (nSPS) is 13.3. The molecule has 0 N–H and O–H groups in total. The third kappa shape index (κ3) is 62.1. The van der Waals surface area contributed by atoms with Gasteiger partial charge in [0.25, 0.3) is 0 Å². The maximum Gasteiger partial charge on any atom is 0.306 e. The van der Waals surface area contributed by atoms with E-state index in [0.29, 0.717) is 17.4 Å². The molecule has 0 bridgehead atoms. The summed E-state index contributed by atoms with van der Waals surface area (Å²) in [6.07, 6.45) is 79.4. The first-order valence-corrected chi connectivity index (χ1v) is 33.2. The van der Waals surface area contributed by atoms with Crippen molar-refractivity contribution in [3.63, 3.8) is 0 Å². The van der Waals surface area contributed by atoms with Crippen molar-refractivity contribution < 1.29 is 42.9 Å². The lowest BCUT2D eigenvalue weighted by Gasteiger charge is -2.26. The van der Waals surface area contributed by atoms with E-state index in [4.69, 9.17) is 18.9 Å². The predicted octanol–water partition coefficient (Wildman–Crippen LogP) is 19.0. The van der Waals surface area contributed by atoms with Crippen molar-refractivity contribution in [2.24, 2.45) is 0 Å². The van der Waals surface area contributed by atoms with Gasteiger partial charge in [0.1, 0.15) is 13.2 Å². The Balaban J connectivity index is 4.07. The maximum absolute atomic E-state index is 12.9. The number of allylic oxidation sites excluding steroid dienone is 14. The molecular weight excluding hydrogens is 995 g/mol. The van der Waals surface area contributed by atoms with Gasteiger partial charge in [-0.2, -0.15) is 0 Å². The zero-order chi connectivity index (χ0) is 58.3. The average Bonchev–Trinajstić information content (AvgIpc) is 3.43. The Kier molecular flexibility index (Phi) is 58.8. The number of carbonyl (C=O) groups excluding carboxylic acids is 3. The number of nitrogens with zero attached hydrogens (tertiary/aromatic N) is 1. The van der Waals surface area contributed by atoms with Gasteiger partial charge in [0.15, 0.2) is 12.4 Å². The number of hydrogen-bond acceptors (Lipinski definition) is 8. The van der Waals surface area contributed by atoms with Crippen molar-refractivity contribution in [3.8, 4) is 0 Å². The molecule has 0 aromatic heterocycles. The van der Waals surface area contributed by atoms with Gasteiger partial charge in [0, 0.05) is 12.8 Å². The Labute approximate surface area is 493 Å². The number of ether oxygens (including phenoxy) is 4. The first kappa shape index (κ1) is 76.5. The molecule has 9 heteroatoms. The average molecular weight is 1120 g/mol. The van der Waals surface area contributed by atoms with Crippen molar-refractivity contribution >= 4 is 17.9 Å². The molecular formula is C71H125NO8. The SMILES string of the molecule is CC/C=C\C/C=C\C/C=C\C/C=C\C/C=C\C/C=C\CCCCCCCCCCCCCCCCCCCCC(=O)OC(COC(=O)CCCCCCCCC/C=C\CCCCCCCCC)COC(OCC[N+](C)(C)C)C(=O)[O-]. The van der Waals surface area contributed by atoms with Gasteiger partial charge in [-0.3, -0.25) is 9.59 Å². The third-order valence-electron chi connectivity index (χ3n) is 14.4. The number of esters is 2. The molecule has 0 spiro atoms. The molecule has 0 heterocycles. The number of aliphatic carboxylic acids is 1. The second-order valence-electron chi connectivity index (χ2n) is 23.4. The molecule has 80 heavy (non-hydrogen) atoms. The van der Waals surface area contributed by atoms with E-state index in [1.54, 1.807) is 0 Å². The van der Waals surface area contributed by atoms with Gasteiger partial charge in [-0.05, 0) is 89.9 Å². The monoisotopic (exact) mass is 1120 g/mol. The summed E-state index contributed by atoms with van der Waals surface area (Å²) >= 11 is 0. The molecule has 0 rings (SSSR count). The molecule has 0 aliphatic carbocycles. The van der Waals surface area contributed by atoms with E-state index in [0.717, 1.165) is 77.0 Å². The van der Waals surface area contributed by atoms with Crippen LogP contribution in [0, 0.1) is 0 Å². The van der Waals surface area contributed by atoms with Gasteiger partial charge in [-0.1, -0.05) is 272 Å². The summed E-state index contributed by atoms with van der Waals surface area (Å²) in [5.74, 6) is -2.28. The summed E-state index contributed by atoms with van der Waals surface area (Å²) < 4.78 is 22.8. The van der Waals surface area contributed by atoms with E-state index in [2.05, 4.69) is 98.9 Å². The lowest BCUT2D eigenvalue weighted by molar-refractivity contribution is -0.870. The summed E-state index contributed by atoms with van der Waals surface area (Å²) in [6.45, 7) is 4.65. The molecule has 0 saturated heterocycles. The van der Waals surface area contributed by atoms with Crippen molar-refractivity contribution in [1.82, 2.24) is 0 Å². The molecule has 2 unspecified atom stereocenters. The fourth-order valence-electron chi connectivity index (χ4n) is 9.30. The van der Waals surface area contributed by atoms with Gasteiger partial charge in [-0.15, -0.1) is 0 Å². The Bertz CT molecular complexity index is 1590. The van der Waals surface area contributed by atoms with Crippen LogP contribution < -0.4 is 5.11 Å². The zero-order valence-electron chi connectivity index (χ0n) is 52.7. The van der Waals surface area contributed by atoms with Crippen LogP contribution in [0.4, 0.5) is 0 Å². The van der Waals surface area contributed by atoms with Crippen LogP contribution in [0.25, 0.3) is 0 Å². The lowest BCUT2D eigenvalue weighted by Crippen LogP contribution is -2.44. The van der Waals surface area contributed by atoms with Crippen molar-refractivity contribution in [3.05, 3.63) is 85.1 Å². The van der Waals surface area contributed by atoms with Crippen LogP contribution in [0.2, 0.25) is 0 Å². The first-order chi connectivity index (χ1) is 39.1. The number of carboxylic acid groups (broad SMARTS) is 1. The van der Waals surface area contributed by atoms with Crippen LogP contribution in [0.15, 0.2) is 85.1 Å². The number of rotatable bonds is 61. The number of hydrogen-bond donors (Lipinski definition) is 0. The van der Waals surface area contributed by atoms with Crippen LogP contribution in [0.3, 0.4) is 0 Å². The number of quaternary nitrogens is 1. The first-order valence-electron chi connectivity index (χ1n) is 33.2. The van der Waals surface area contributed by atoms with Crippen LogP contribution in [0.1, 0.15) is 290 Å². The third-order valence-corrected chi connectivity index (χ3v) is 14.4. The van der Waals surface area contributed by atoms with E-state index in [1.807, 2.05) is 21.1 Å². The van der Waals surface area contributed by atoms with Crippen LogP contribution in [-0.2, 0) is 33.3 Å². The molecule has 9 nitrogen and oxygen atoms in total. The van der Waals surface area contributed by atoms with E-state index >= 15 is 0 Å². The minimum absolute atomic E-state index is 0.146. The highest BCUT2D eigenvalue weighted by molar-refractivity contribution is 5.70. The van der Waals surface area contributed by atoms with Crippen molar-refractivity contribution in [1.29, 1.82) is 0 Å². The fourth-order valence-corrected chi connectivity index (χ4v) is 9.30. The van der Waals surface area contributed by atoms with E-state index in [9.17, 15) is 19.5 Å². The molecule has 0 fully saturated rings. The van der Waals surface area contributed by atoms with Gasteiger partial charge in [0.05, 0.1) is 40.3 Å². The van der Waals surface area contributed by atoms with Gasteiger partial charge >= 0.3 is 11.9 Å². The van der Waals surface area contributed by atoms with Crippen molar-refractivity contribution in [2.45, 2.75) is 302 Å². The minimum atomic E-state index is -1.62. The minimum Gasteiger partial charge on any atom is -0.545 e. The fraction of sp³-hybridized carbons (Fsp3) is 0.761. The molecule has 0 aliphatic heterocycles. The molecule has 0 radical (unpaired) electrons. The lowest BCUT2D eigenvalue weighted by atomic mass is 10.0. The molecule has 0 saturated carbocycles. The van der Waals surface area contributed by atoms with E-state index in [-0.39, 0.29) is 38.6 Å². The van der Waals surface area contributed by atoms with Gasteiger partial charge in [-0.25, -0.2) is 0 Å². The summed E-state index contributed by atoms with van der Waals surface area (Å²) in [5, 5.41) is 11.8. The van der Waals surface area contributed by atoms with Crippen LogP contribution >= 0.6 is 0 Å². The Morgan fingerprint density at radius 3 is 1.07 bits per heavy atom. The number of likely N-dealkylation sites (N-methyl/N-ethyl adjacent to an activating group) is 1. The highest BCUT2D eigenvalue weighted by Gasteiger charge is 2.22. The number of unbranched alkanes of at least 4 members (excludes halogenated alkanes) is 32. The number of carboxylic acids is 1. The molecule has 0 aromatic carbocycles. The Morgan fingerprint density at radius 2 is 0.713 bits per heavy atom. The summed E-state index contributed by atoms with van der Waals surface area (Å²) in [4.78, 5) is 37.4.